The average molecular weight is 407 g/mol. The molecule has 0 spiro atoms. The van der Waals surface area contributed by atoms with Gasteiger partial charge in [0.25, 0.3) is 0 Å². The molecule has 1 aliphatic heterocycles. The number of para-hydroxylation sites is 1. The lowest BCUT2D eigenvalue weighted by atomic mass is 9.90. The van der Waals surface area contributed by atoms with Crippen LogP contribution < -0.4 is 4.74 Å². The van der Waals surface area contributed by atoms with E-state index in [4.69, 9.17) is 4.74 Å². The Labute approximate surface area is 167 Å². The van der Waals surface area contributed by atoms with Gasteiger partial charge in [0.1, 0.15) is 11.8 Å². The number of alkyl halides is 3. The number of aliphatic carboxylic acids is 1. The summed E-state index contributed by atoms with van der Waals surface area (Å²) in [6, 6.07) is 11.0. The standard InChI is InChI=1S/C22H24F3NO3/c1-2-29-19-9-4-3-7-17(19)20(26-14-6-5-8-18(26)21(27)28)15-10-12-16(13-11-15)22(23,24)25/h3-4,7,9-13,18,20H,2,5-6,8,14H2,1H3,(H,27,28). The Morgan fingerprint density at radius 3 is 2.48 bits per heavy atom. The van der Waals surface area contributed by atoms with Crippen molar-refractivity contribution in [3.63, 3.8) is 0 Å². The Balaban J connectivity index is 2.10. The van der Waals surface area contributed by atoms with Gasteiger partial charge < -0.3 is 9.84 Å². The van der Waals surface area contributed by atoms with E-state index in [1.165, 1.54) is 12.1 Å². The summed E-state index contributed by atoms with van der Waals surface area (Å²) in [6.45, 7) is 2.83. The minimum Gasteiger partial charge on any atom is -0.494 e. The third-order valence-electron chi connectivity index (χ3n) is 5.23. The number of carboxylic acids is 1. The molecule has 2 atom stereocenters. The Bertz CT molecular complexity index is 836. The molecule has 1 heterocycles. The summed E-state index contributed by atoms with van der Waals surface area (Å²) in [4.78, 5) is 13.8. The summed E-state index contributed by atoms with van der Waals surface area (Å²) in [5, 5.41) is 9.75. The summed E-state index contributed by atoms with van der Waals surface area (Å²) in [5.74, 6) is -0.315. The zero-order chi connectivity index (χ0) is 21.0. The molecule has 2 aromatic carbocycles. The zero-order valence-corrected chi connectivity index (χ0v) is 16.2. The van der Waals surface area contributed by atoms with Crippen molar-refractivity contribution in [2.45, 2.75) is 44.4 Å². The maximum absolute atomic E-state index is 13.0. The fourth-order valence-corrected chi connectivity index (χ4v) is 3.93. The Kier molecular flexibility index (Phi) is 6.47. The molecule has 3 rings (SSSR count). The molecule has 7 heteroatoms. The van der Waals surface area contributed by atoms with Gasteiger partial charge in [-0.3, -0.25) is 9.69 Å². The topological polar surface area (TPSA) is 49.8 Å². The molecule has 0 radical (unpaired) electrons. The van der Waals surface area contributed by atoms with Crippen LogP contribution in [0.5, 0.6) is 5.75 Å². The van der Waals surface area contributed by atoms with Crippen molar-refractivity contribution >= 4 is 5.97 Å². The molecule has 156 valence electrons. The second-order valence-corrected chi connectivity index (χ2v) is 7.08. The first-order valence-corrected chi connectivity index (χ1v) is 9.70. The molecular weight excluding hydrogens is 383 g/mol. The number of benzene rings is 2. The Hall–Kier alpha value is -2.54. The smallest absolute Gasteiger partial charge is 0.416 e. The first-order chi connectivity index (χ1) is 13.8. The minimum atomic E-state index is -4.42. The molecule has 0 bridgehead atoms. The van der Waals surface area contributed by atoms with Crippen LogP contribution in [0, 0.1) is 0 Å². The van der Waals surface area contributed by atoms with Gasteiger partial charge in [0.2, 0.25) is 0 Å². The van der Waals surface area contributed by atoms with Gasteiger partial charge >= 0.3 is 12.1 Å². The van der Waals surface area contributed by atoms with Crippen molar-refractivity contribution in [3.8, 4) is 5.75 Å². The van der Waals surface area contributed by atoms with Crippen LogP contribution in [0.2, 0.25) is 0 Å². The van der Waals surface area contributed by atoms with Gasteiger partial charge in [-0.05, 0) is 50.1 Å². The number of nitrogens with zero attached hydrogens (tertiary/aromatic N) is 1. The molecule has 29 heavy (non-hydrogen) atoms. The second kappa shape index (κ2) is 8.86. The van der Waals surface area contributed by atoms with E-state index in [9.17, 15) is 23.1 Å². The Morgan fingerprint density at radius 2 is 1.86 bits per heavy atom. The van der Waals surface area contributed by atoms with E-state index in [1.54, 1.807) is 6.07 Å². The number of ether oxygens (including phenoxy) is 1. The van der Waals surface area contributed by atoms with Crippen LogP contribution in [0.1, 0.15) is 48.9 Å². The number of carboxylic acid groups (broad SMARTS) is 1. The summed E-state index contributed by atoms with van der Waals surface area (Å²) in [5.41, 5.74) is 0.632. The summed E-state index contributed by atoms with van der Waals surface area (Å²) < 4.78 is 44.8. The van der Waals surface area contributed by atoms with Gasteiger partial charge in [-0.15, -0.1) is 0 Å². The van der Waals surface area contributed by atoms with Gasteiger partial charge in [-0.25, -0.2) is 0 Å². The molecule has 2 unspecified atom stereocenters. The molecule has 0 saturated carbocycles. The molecule has 0 amide bonds. The summed E-state index contributed by atoms with van der Waals surface area (Å²) in [7, 11) is 0. The molecular formula is C22H24F3NO3. The molecule has 1 aliphatic rings. The molecule has 2 aromatic rings. The second-order valence-electron chi connectivity index (χ2n) is 7.08. The van der Waals surface area contributed by atoms with Crippen LogP contribution in [0.25, 0.3) is 0 Å². The van der Waals surface area contributed by atoms with Crippen LogP contribution in [0.4, 0.5) is 13.2 Å². The average Bonchev–Trinajstić information content (AvgIpc) is 2.70. The van der Waals surface area contributed by atoms with Crippen LogP contribution >= 0.6 is 0 Å². The number of likely N-dealkylation sites (tertiary alicyclic amines) is 1. The highest BCUT2D eigenvalue weighted by Gasteiger charge is 2.37. The molecule has 0 aromatic heterocycles. The third-order valence-corrected chi connectivity index (χ3v) is 5.23. The van der Waals surface area contributed by atoms with E-state index in [0.717, 1.165) is 30.5 Å². The van der Waals surface area contributed by atoms with Gasteiger partial charge in [0, 0.05) is 5.56 Å². The lowest BCUT2D eigenvalue weighted by Gasteiger charge is -2.40. The maximum atomic E-state index is 13.0. The van der Waals surface area contributed by atoms with Gasteiger partial charge in [-0.1, -0.05) is 36.8 Å². The van der Waals surface area contributed by atoms with Crippen LogP contribution in [0.15, 0.2) is 48.5 Å². The van der Waals surface area contributed by atoms with Crippen molar-refractivity contribution in [1.29, 1.82) is 0 Å². The van der Waals surface area contributed by atoms with Crippen LogP contribution in [-0.2, 0) is 11.0 Å². The highest BCUT2D eigenvalue weighted by atomic mass is 19.4. The van der Waals surface area contributed by atoms with E-state index in [-0.39, 0.29) is 0 Å². The summed E-state index contributed by atoms with van der Waals surface area (Å²) >= 11 is 0. The molecule has 0 aliphatic carbocycles. The fraction of sp³-hybridized carbons (Fsp3) is 0.409. The first-order valence-electron chi connectivity index (χ1n) is 9.70. The normalized spacial score (nSPS) is 19.0. The van der Waals surface area contributed by atoms with Crippen molar-refractivity contribution in [2.75, 3.05) is 13.2 Å². The van der Waals surface area contributed by atoms with E-state index in [1.807, 2.05) is 30.0 Å². The quantitative estimate of drug-likeness (QED) is 0.721. The van der Waals surface area contributed by atoms with E-state index in [0.29, 0.717) is 30.9 Å². The van der Waals surface area contributed by atoms with Crippen molar-refractivity contribution in [3.05, 3.63) is 65.2 Å². The lowest BCUT2D eigenvalue weighted by Crippen LogP contribution is -2.46. The van der Waals surface area contributed by atoms with Crippen LogP contribution in [-0.4, -0.2) is 35.2 Å². The minimum absolute atomic E-state index is 0.430. The molecule has 1 N–H and O–H groups in total. The largest absolute Gasteiger partial charge is 0.494 e. The molecule has 1 saturated heterocycles. The number of hydrogen-bond acceptors (Lipinski definition) is 3. The van der Waals surface area contributed by atoms with Gasteiger partial charge in [0.05, 0.1) is 18.2 Å². The molecule has 4 nitrogen and oxygen atoms in total. The fourth-order valence-electron chi connectivity index (χ4n) is 3.93. The first kappa shape index (κ1) is 21.2. The number of carbonyl (C=O) groups is 1. The van der Waals surface area contributed by atoms with Crippen molar-refractivity contribution in [1.82, 2.24) is 4.90 Å². The highest BCUT2D eigenvalue weighted by Crippen LogP contribution is 2.39. The zero-order valence-electron chi connectivity index (χ0n) is 16.2. The number of halogens is 3. The SMILES string of the molecule is CCOc1ccccc1C(c1ccc(C(F)(F)F)cc1)N1CCCCC1C(=O)O. The third kappa shape index (κ3) is 4.72. The van der Waals surface area contributed by atoms with E-state index < -0.39 is 29.8 Å². The van der Waals surface area contributed by atoms with E-state index >= 15 is 0 Å². The number of hydrogen-bond donors (Lipinski definition) is 1. The number of piperidine rings is 1. The predicted molar refractivity (Wildman–Crippen MR) is 103 cm³/mol. The monoisotopic (exact) mass is 407 g/mol. The Morgan fingerprint density at radius 1 is 1.17 bits per heavy atom. The van der Waals surface area contributed by atoms with Gasteiger partial charge in [0.15, 0.2) is 0 Å². The van der Waals surface area contributed by atoms with Gasteiger partial charge in [-0.2, -0.15) is 13.2 Å². The predicted octanol–water partition coefficient (Wildman–Crippen LogP) is 5.13. The molecule has 1 fully saturated rings. The van der Waals surface area contributed by atoms with Crippen molar-refractivity contribution in [2.24, 2.45) is 0 Å². The van der Waals surface area contributed by atoms with E-state index in [2.05, 4.69) is 0 Å². The number of rotatable bonds is 6. The summed E-state index contributed by atoms with van der Waals surface area (Å²) in [6.07, 6.45) is -2.28. The maximum Gasteiger partial charge on any atom is 0.416 e. The van der Waals surface area contributed by atoms with Crippen molar-refractivity contribution < 1.29 is 27.8 Å². The lowest BCUT2D eigenvalue weighted by molar-refractivity contribution is -0.145. The highest BCUT2D eigenvalue weighted by molar-refractivity contribution is 5.73. The van der Waals surface area contributed by atoms with Crippen LogP contribution in [0.3, 0.4) is 0 Å².